The van der Waals surface area contributed by atoms with Gasteiger partial charge < -0.3 is 24.3 Å². The summed E-state index contributed by atoms with van der Waals surface area (Å²) in [5, 5.41) is 12.8. The third-order valence-corrected chi connectivity index (χ3v) is 6.80. The van der Waals surface area contributed by atoms with Crippen LogP contribution in [-0.4, -0.2) is 34.3 Å². The SMILES string of the molecule is COc1c(Cl)c2c(c(OC)c1OC)-c1ccc(OC)c(=O)cc1[C@@H](NC(=O)c1ccccc1C#N)CC2. The Bertz CT molecular complexity index is 1480. The summed E-state index contributed by atoms with van der Waals surface area (Å²) in [6, 6.07) is 12.8. The summed E-state index contributed by atoms with van der Waals surface area (Å²) in [4.78, 5) is 26.3. The first-order chi connectivity index (χ1) is 17.9. The van der Waals surface area contributed by atoms with E-state index in [0.29, 0.717) is 51.8 Å². The van der Waals surface area contributed by atoms with E-state index in [0.717, 1.165) is 5.56 Å². The van der Waals surface area contributed by atoms with E-state index < -0.39 is 11.9 Å². The highest BCUT2D eigenvalue weighted by Crippen LogP contribution is 2.54. The van der Waals surface area contributed by atoms with Crippen molar-refractivity contribution in [3.8, 4) is 40.2 Å². The van der Waals surface area contributed by atoms with Gasteiger partial charge in [-0.05, 0) is 53.8 Å². The number of fused-ring (bicyclic) bond motifs is 3. The van der Waals surface area contributed by atoms with Crippen molar-refractivity contribution in [1.82, 2.24) is 5.32 Å². The average Bonchev–Trinajstić information content (AvgIpc) is 3.17. The fraction of sp³-hybridized carbons (Fsp3) is 0.250. The number of carbonyl (C=O) groups excluding carboxylic acids is 1. The lowest BCUT2D eigenvalue weighted by molar-refractivity contribution is 0.0934. The van der Waals surface area contributed by atoms with Crippen LogP contribution in [0, 0.1) is 11.3 Å². The van der Waals surface area contributed by atoms with Gasteiger partial charge in [-0.3, -0.25) is 9.59 Å². The number of hydrogen-bond acceptors (Lipinski definition) is 7. The van der Waals surface area contributed by atoms with Crippen molar-refractivity contribution in [2.45, 2.75) is 18.9 Å². The fourth-order valence-corrected chi connectivity index (χ4v) is 5.05. The summed E-state index contributed by atoms with van der Waals surface area (Å²) in [6.07, 6.45) is 0.837. The number of nitrogens with zero attached hydrogens (tertiary/aromatic N) is 1. The van der Waals surface area contributed by atoms with E-state index in [1.807, 2.05) is 6.07 Å². The third kappa shape index (κ3) is 4.54. The van der Waals surface area contributed by atoms with Crippen LogP contribution in [0.2, 0.25) is 5.02 Å². The van der Waals surface area contributed by atoms with Crippen LogP contribution in [-0.2, 0) is 6.42 Å². The van der Waals surface area contributed by atoms with E-state index in [4.69, 9.17) is 30.5 Å². The maximum Gasteiger partial charge on any atom is 0.253 e. The summed E-state index contributed by atoms with van der Waals surface area (Å²) < 4.78 is 22.2. The predicted octanol–water partition coefficient (Wildman–Crippen LogP) is 4.69. The molecule has 0 saturated heterocycles. The van der Waals surface area contributed by atoms with Crippen LogP contribution in [0.15, 0.2) is 47.3 Å². The van der Waals surface area contributed by atoms with E-state index in [-0.39, 0.29) is 22.3 Å². The standard InChI is InChI=1S/C28H25ClN2O6/c1-34-22-12-10-17-19(13-21(22)32)20(31-28(33)16-8-6-5-7-15(16)14-30)11-9-18-23(17)25(35-2)27(37-4)26(36-3)24(18)29/h5-8,10,12-13,20H,9,11H2,1-4H3,(H,31,33)/t20-/m0/s1. The molecule has 0 aliphatic heterocycles. The van der Waals surface area contributed by atoms with Crippen molar-refractivity contribution in [2.24, 2.45) is 0 Å². The molecule has 0 unspecified atom stereocenters. The molecule has 1 N–H and O–H groups in total. The second-order valence-corrected chi connectivity index (χ2v) is 8.65. The molecule has 8 nitrogen and oxygen atoms in total. The van der Waals surface area contributed by atoms with Crippen LogP contribution in [0.4, 0.5) is 0 Å². The highest BCUT2D eigenvalue weighted by Gasteiger charge is 2.32. The maximum atomic E-state index is 13.3. The summed E-state index contributed by atoms with van der Waals surface area (Å²) in [5.74, 6) is 0.734. The number of methoxy groups -OCH3 is 4. The lowest BCUT2D eigenvalue weighted by atomic mass is 9.95. The first-order valence-corrected chi connectivity index (χ1v) is 11.8. The molecule has 190 valence electrons. The Balaban J connectivity index is 1.99. The van der Waals surface area contributed by atoms with Crippen molar-refractivity contribution >= 4 is 17.5 Å². The topological polar surface area (TPSA) is 107 Å². The predicted molar refractivity (Wildman–Crippen MR) is 139 cm³/mol. The molecule has 0 heterocycles. The Kier molecular flexibility index (Phi) is 7.55. The minimum absolute atomic E-state index is 0.139. The van der Waals surface area contributed by atoms with Crippen LogP contribution in [0.3, 0.4) is 0 Å². The van der Waals surface area contributed by atoms with Gasteiger partial charge in [0.15, 0.2) is 17.2 Å². The number of benzene rings is 2. The van der Waals surface area contributed by atoms with Gasteiger partial charge in [-0.15, -0.1) is 0 Å². The number of rotatable bonds is 6. The number of amides is 1. The summed E-state index contributed by atoms with van der Waals surface area (Å²) in [6.45, 7) is 0. The summed E-state index contributed by atoms with van der Waals surface area (Å²) >= 11 is 6.82. The molecule has 1 aliphatic carbocycles. The molecule has 4 rings (SSSR count). The molecule has 1 atom stereocenters. The molecule has 0 saturated carbocycles. The average molecular weight is 521 g/mol. The van der Waals surface area contributed by atoms with Crippen LogP contribution in [0.5, 0.6) is 23.0 Å². The van der Waals surface area contributed by atoms with Crippen LogP contribution < -0.4 is 29.7 Å². The normalized spacial score (nSPS) is 13.8. The van der Waals surface area contributed by atoms with Crippen molar-refractivity contribution in [3.63, 3.8) is 0 Å². The minimum atomic E-state index is -0.593. The summed E-state index contributed by atoms with van der Waals surface area (Å²) in [7, 11) is 5.90. The van der Waals surface area contributed by atoms with Gasteiger partial charge in [0.2, 0.25) is 11.2 Å². The largest absolute Gasteiger partial charge is 0.493 e. The van der Waals surface area contributed by atoms with E-state index >= 15 is 0 Å². The first-order valence-electron chi connectivity index (χ1n) is 11.4. The van der Waals surface area contributed by atoms with Crippen molar-refractivity contribution in [3.05, 3.63) is 80.0 Å². The van der Waals surface area contributed by atoms with Gasteiger partial charge in [0.05, 0.1) is 56.7 Å². The zero-order valence-corrected chi connectivity index (χ0v) is 21.6. The molecule has 3 aromatic carbocycles. The Morgan fingerprint density at radius 2 is 1.70 bits per heavy atom. The van der Waals surface area contributed by atoms with E-state index in [2.05, 4.69) is 5.32 Å². The van der Waals surface area contributed by atoms with Crippen LogP contribution >= 0.6 is 11.6 Å². The minimum Gasteiger partial charge on any atom is -0.493 e. The van der Waals surface area contributed by atoms with Gasteiger partial charge in [-0.2, -0.15) is 5.26 Å². The Morgan fingerprint density at radius 1 is 1.00 bits per heavy atom. The van der Waals surface area contributed by atoms with Gasteiger partial charge in [0.1, 0.15) is 0 Å². The monoisotopic (exact) mass is 520 g/mol. The quantitative estimate of drug-likeness (QED) is 0.502. The van der Waals surface area contributed by atoms with Gasteiger partial charge in [0.25, 0.3) is 5.91 Å². The fourth-order valence-electron chi connectivity index (χ4n) is 4.70. The zero-order chi connectivity index (χ0) is 26.7. The van der Waals surface area contributed by atoms with E-state index in [1.165, 1.54) is 34.5 Å². The van der Waals surface area contributed by atoms with Crippen molar-refractivity contribution in [1.29, 1.82) is 5.26 Å². The number of carbonyl (C=O) groups is 1. The molecule has 0 aromatic heterocycles. The Labute approximate surface area is 219 Å². The Morgan fingerprint density at radius 3 is 2.35 bits per heavy atom. The van der Waals surface area contributed by atoms with Gasteiger partial charge in [-0.1, -0.05) is 29.8 Å². The zero-order valence-electron chi connectivity index (χ0n) is 20.8. The maximum absolute atomic E-state index is 13.3. The molecule has 1 amide bonds. The molecular weight excluding hydrogens is 496 g/mol. The Hall–Kier alpha value is -4.22. The number of nitrogens with one attached hydrogen (secondary N) is 1. The van der Waals surface area contributed by atoms with Crippen LogP contribution in [0.1, 0.15) is 39.5 Å². The number of ether oxygens (including phenoxy) is 4. The lowest BCUT2D eigenvalue weighted by Gasteiger charge is -2.21. The van der Waals surface area contributed by atoms with Crippen molar-refractivity contribution < 1.29 is 23.7 Å². The molecular formula is C28H25ClN2O6. The van der Waals surface area contributed by atoms with Gasteiger partial charge in [0, 0.05) is 5.56 Å². The second kappa shape index (κ2) is 10.8. The van der Waals surface area contributed by atoms with Crippen LogP contribution in [0.25, 0.3) is 11.1 Å². The molecule has 0 bridgehead atoms. The van der Waals surface area contributed by atoms with Gasteiger partial charge >= 0.3 is 0 Å². The number of halogens is 1. The van der Waals surface area contributed by atoms with E-state index in [1.54, 1.807) is 36.4 Å². The number of nitriles is 1. The molecule has 1 aliphatic rings. The molecule has 37 heavy (non-hydrogen) atoms. The van der Waals surface area contributed by atoms with E-state index in [9.17, 15) is 14.9 Å². The number of hydrogen-bond donors (Lipinski definition) is 1. The molecule has 0 spiro atoms. The highest BCUT2D eigenvalue weighted by molar-refractivity contribution is 6.34. The third-order valence-electron chi connectivity index (χ3n) is 6.40. The molecule has 9 heteroatoms. The molecule has 3 aromatic rings. The first kappa shape index (κ1) is 25.9. The molecule has 0 fully saturated rings. The van der Waals surface area contributed by atoms with Crippen molar-refractivity contribution in [2.75, 3.05) is 28.4 Å². The lowest BCUT2D eigenvalue weighted by Crippen LogP contribution is -2.29. The second-order valence-electron chi connectivity index (χ2n) is 8.27. The molecule has 0 radical (unpaired) electrons. The highest BCUT2D eigenvalue weighted by atomic mass is 35.5. The smallest absolute Gasteiger partial charge is 0.253 e. The van der Waals surface area contributed by atoms with Gasteiger partial charge in [-0.25, -0.2) is 0 Å². The summed E-state index contributed by atoms with van der Waals surface area (Å²) in [5.41, 5.74) is 2.67.